The average Bonchev–Trinajstić information content (AvgIpc) is 2.51. The third-order valence-corrected chi connectivity index (χ3v) is 3.09. The van der Waals surface area contributed by atoms with Crippen molar-refractivity contribution in [1.29, 1.82) is 0 Å². The molecule has 0 amide bonds. The minimum absolute atomic E-state index is 0.163. The Morgan fingerprint density at radius 1 is 1.00 bits per heavy atom. The summed E-state index contributed by atoms with van der Waals surface area (Å²) >= 11 is 0. The third kappa shape index (κ3) is 6.42. The lowest BCUT2D eigenvalue weighted by Gasteiger charge is -2.38. The van der Waals surface area contributed by atoms with Gasteiger partial charge >= 0.3 is 0 Å². The molecular formula is C12H23N3O7. The molecule has 0 saturated carbocycles. The number of azide groups is 1. The zero-order chi connectivity index (χ0) is 16.4. The van der Waals surface area contributed by atoms with Crippen molar-refractivity contribution in [1.82, 2.24) is 0 Å². The van der Waals surface area contributed by atoms with E-state index in [2.05, 4.69) is 10.0 Å². The first-order valence-electron chi connectivity index (χ1n) is 7.05. The highest BCUT2D eigenvalue weighted by atomic mass is 16.7. The molecule has 0 aliphatic carbocycles. The summed E-state index contributed by atoms with van der Waals surface area (Å²) in [6.45, 7) is 3.35. The Morgan fingerprint density at radius 2 is 1.64 bits per heavy atom. The van der Waals surface area contributed by atoms with Gasteiger partial charge in [-0.25, -0.2) is 0 Å². The number of hydrogen-bond acceptors (Lipinski definition) is 8. The minimum Gasteiger partial charge on any atom is -0.388 e. The topological polar surface area (TPSA) is 146 Å². The fraction of sp³-hybridized carbons (Fsp3) is 1.00. The lowest BCUT2D eigenvalue weighted by molar-refractivity contribution is -0.294. The zero-order valence-electron chi connectivity index (χ0n) is 12.4. The summed E-state index contributed by atoms with van der Waals surface area (Å²) in [6, 6.07) is 0. The van der Waals surface area contributed by atoms with Crippen LogP contribution in [0.5, 0.6) is 0 Å². The van der Waals surface area contributed by atoms with Crippen LogP contribution in [0.1, 0.15) is 6.92 Å². The maximum atomic E-state index is 9.71. The van der Waals surface area contributed by atoms with Gasteiger partial charge in [-0.1, -0.05) is 5.11 Å². The molecule has 0 radical (unpaired) electrons. The molecule has 22 heavy (non-hydrogen) atoms. The van der Waals surface area contributed by atoms with E-state index in [1.807, 2.05) is 0 Å². The highest BCUT2D eigenvalue weighted by molar-refractivity contribution is 4.87. The summed E-state index contributed by atoms with van der Waals surface area (Å²) in [4.78, 5) is 2.59. The van der Waals surface area contributed by atoms with Gasteiger partial charge in [-0.15, -0.1) is 0 Å². The number of aliphatic hydroxyl groups is 3. The summed E-state index contributed by atoms with van der Waals surface area (Å²) in [5.74, 6) is 0. The SMILES string of the molecule is CC1OC(OCCOCCOCCN=[N+]=[N-])C(O)C(O)C1O. The van der Waals surface area contributed by atoms with E-state index in [0.29, 0.717) is 19.8 Å². The van der Waals surface area contributed by atoms with E-state index >= 15 is 0 Å². The summed E-state index contributed by atoms with van der Waals surface area (Å²) in [7, 11) is 0. The van der Waals surface area contributed by atoms with Gasteiger partial charge < -0.3 is 34.3 Å². The Morgan fingerprint density at radius 3 is 2.32 bits per heavy atom. The molecule has 128 valence electrons. The van der Waals surface area contributed by atoms with Crippen LogP contribution in [0.4, 0.5) is 0 Å². The molecule has 1 heterocycles. The molecular weight excluding hydrogens is 298 g/mol. The number of aliphatic hydroxyl groups excluding tert-OH is 3. The summed E-state index contributed by atoms with van der Waals surface area (Å²) in [5, 5.41) is 32.2. The highest BCUT2D eigenvalue weighted by Crippen LogP contribution is 2.21. The largest absolute Gasteiger partial charge is 0.388 e. The van der Waals surface area contributed by atoms with E-state index in [-0.39, 0.29) is 19.8 Å². The van der Waals surface area contributed by atoms with Crippen molar-refractivity contribution >= 4 is 0 Å². The summed E-state index contributed by atoms with van der Waals surface area (Å²) in [5.41, 5.74) is 8.05. The zero-order valence-corrected chi connectivity index (χ0v) is 12.4. The number of rotatable bonds is 10. The fourth-order valence-electron chi connectivity index (χ4n) is 1.85. The molecule has 5 atom stereocenters. The lowest BCUT2D eigenvalue weighted by Crippen LogP contribution is -2.57. The molecule has 5 unspecified atom stereocenters. The maximum absolute atomic E-state index is 9.71. The molecule has 10 heteroatoms. The van der Waals surface area contributed by atoms with Gasteiger partial charge in [-0.3, -0.25) is 0 Å². The van der Waals surface area contributed by atoms with Gasteiger partial charge in [0.2, 0.25) is 0 Å². The Kier molecular flexibility index (Phi) is 9.28. The molecule has 0 aromatic carbocycles. The van der Waals surface area contributed by atoms with Crippen LogP contribution in [-0.4, -0.2) is 85.6 Å². The van der Waals surface area contributed by atoms with Crippen molar-refractivity contribution in [3.8, 4) is 0 Å². The molecule has 0 aromatic rings. The quantitative estimate of drug-likeness (QED) is 0.206. The average molecular weight is 321 g/mol. The van der Waals surface area contributed by atoms with Crippen molar-refractivity contribution in [2.75, 3.05) is 39.6 Å². The van der Waals surface area contributed by atoms with Crippen LogP contribution in [0.2, 0.25) is 0 Å². The molecule has 1 aliphatic heterocycles. The van der Waals surface area contributed by atoms with Crippen molar-refractivity contribution in [3.05, 3.63) is 10.4 Å². The van der Waals surface area contributed by atoms with Gasteiger partial charge in [-0.2, -0.15) is 0 Å². The van der Waals surface area contributed by atoms with E-state index < -0.39 is 30.7 Å². The monoisotopic (exact) mass is 321 g/mol. The van der Waals surface area contributed by atoms with Crippen molar-refractivity contribution in [2.45, 2.75) is 37.6 Å². The van der Waals surface area contributed by atoms with Crippen molar-refractivity contribution in [3.63, 3.8) is 0 Å². The molecule has 3 N–H and O–H groups in total. The second kappa shape index (κ2) is 10.7. The normalized spacial score (nSPS) is 31.7. The van der Waals surface area contributed by atoms with Gasteiger partial charge in [-0.05, 0) is 12.5 Å². The Bertz CT molecular complexity index is 354. The highest BCUT2D eigenvalue weighted by Gasteiger charge is 2.42. The number of ether oxygens (including phenoxy) is 4. The van der Waals surface area contributed by atoms with Crippen LogP contribution in [0.15, 0.2) is 5.11 Å². The van der Waals surface area contributed by atoms with E-state index in [1.165, 1.54) is 0 Å². The lowest BCUT2D eigenvalue weighted by atomic mass is 10.0. The first-order valence-corrected chi connectivity index (χ1v) is 7.05. The van der Waals surface area contributed by atoms with Crippen LogP contribution < -0.4 is 0 Å². The Balaban J connectivity index is 2.03. The first kappa shape index (κ1) is 19.1. The number of nitrogens with zero attached hydrogens (tertiary/aromatic N) is 3. The molecule has 1 rings (SSSR count). The van der Waals surface area contributed by atoms with Gasteiger partial charge in [0.25, 0.3) is 0 Å². The minimum atomic E-state index is -1.31. The molecule has 1 fully saturated rings. The van der Waals surface area contributed by atoms with Crippen molar-refractivity contribution in [2.24, 2.45) is 5.11 Å². The smallest absolute Gasteiger partial charge is 0.186 e. The van der Waals surface area contributed by atoms with Crippen molar-refractivity contribution < 1.29 is 34.3 Å². The van der Waals surface area contributed by atoms with Crippen LogP contribution in [0.25, 0.3) is 10.4 Å². The third-order valence-electron chi connectivity index (χ3n) is 3.09. The maximum Gasteiger partial charge on any atom is 0.186 e. The van der Waals surface area contributed by atoms with Crippen LogP contribution >= 0.6 is 0 Å². The van der Waals surface area contributed by atoms with Crippen LogP contribution in [-0.2, 0) is 18.9 Å². The second-order valence-corrected chi connectivity index (χ2v) is 4.73. The second-order valence-electron chi connectivity index (χ2n) is 4.73. The van der Waals surface area contributed by atoms with Crippen LogP contribution in [0, 0.1) is 0 Å². The van der Waals surface area contributed by atoms with E-state index in [1.54, 1.807) is 6.92 Å². The van der Waals surface area contributed by atoms with Gasteiger partial charge in [0, 0.05) is 11.5 Å². The first-order chi connectivity index (χ1) is 10.6. The summed E-state index contributed by atoms with van der Waals surface area (Å²) < 4.78 is 20.9. The predicted molar refractivity (Wildman–Crippen MR) is 74.0 cm³/mol. The van der Waals surface area contributed by atoms with Gasteiger partial charge in [0.05, 0.1) is 39.1 Å². The molecule has 0 bridgehead atoms. The van der Waals surface area contributed by atoms with Gasteiger partial charge in [0.15, 0.2) is 6.29 Å². The van der Waals surface area contributed by atoms with Gasteiger partial charge in [0.1, 0.15) is 18.3 Å². The Hall–Kier alpha value is -0.970. The molecule has 0 spiro atoms. The molecule has 10 nitrogen and oxygen atoms in total. The molecule has 1 saturated heterocycles. The fourth-order valence-corrected chi connectivity index (χ4v) is 1.85. The standard InChI is InChI=1S/C12H23N3O7/c1-8-9(16)10(17)11(18)12(22-8)21-7-6-20-5-4-19-3-2-14-15-13/h8-12,16-18H,2-7H2,1H3. The Labute approximate surface area is 128 Å². The molecule has 0 aromatic heterocycles. The summed E-state index contributed by atoms with van der Waals surface area (Å²) in [6.07, 6.45) is -5.39. The molecule has 1 aliphatic rings. The van der Waals surface area contributed by atoms with E-state index in [9.17, 15) is 15.3 Å². The van der Waals surface area contributed by atoms with Crippen LogP contribution in [0.3, 0.4) is 0 Å². The number of hydrogen-bond donors (Lipinski definition) is 3. The predicted octanol–water partition coefficient (Wildman–Crippen LogP) is -0.826. The van der Waals surface area contributed by atoms with E-state index in [0.717, 1.165) is 0 Å². The van der Waals surface area contributed by atoms with E-state index in [4.69, 9.17) is 24.5 Å².